The van der Waals surface area contributed by atoms with Crippen LogP contribution in [0.1, 0.15) is 10.4 Å². The molecule has 0 spiro atoms. The largest absolute Gasteiger partial charge is 0.456 e. The molecule has 6 nitrogen and oxygen atoms in total. The fourth-order valence-electron chi connectivity index (χ4n) is 3.05. The van der Waals surface area contributed by atoms with Gasteiger partial charge in [-0.2, -0.15) is 0 Å². The van der Waals surface area contributed by atoms with E-state index in [2.05, 4.69) is 21.2 Å². The summed E-state index contributed by atoms with van der Waals surface area (Å²) < 4.78 is 32.3. The molecule has 0 bridgehead atoms. The number of benzene rings is 3. The highest BCUT2D eigenvalue weighted by atomic mass is 79.9. The molecule has 3 aromatic carbocycles. The third kappa shape index (κ3) is 3.55. The van der Waals surface area contributed by atoms with Gasteiger partial charge in [0.25, 0.3) is 5.91 Å². The molecular weight excluding hydrogens is 456 g/mol. The molecule has 148 valence electrons. The van der Waals surface area contributed by atoms with Crippen molar-refractivity contribution in [1.82, 2.24) is 4.31 Å². The summed E-state index contributed by atoms with van der Waals surface area (Å²) in [4.78, 5) is 12.8. The van der Waals surface area contributed by atoms with Crippen LogP contribution in [0.15, 0.2) is 74.4 Å². The predicted molar refractivity (Wildman–Crippen MR) is 117 cm³/mol. The summed E-state index contributed by atoms with van der Waals surface area (Å²) in [5, 5.41) is 4.68. The highest BCUT2D eigenvalue weighted by molar-refractivity contribution is 9.10. The van der Waals surface area contributed by atoms with Crippen molar-refractivity contribution in [3.05, 3.63) is 70.7 Å². The number of amides is 1. The SMILES string of the molecule is CN(C)S(=O)(=O)c1cc(C(=O)Nc2ccc3oc4ccccc4c3c2)ccc1Br. The summed E-state index contributed by atoms with van der Waals surface area (Å²) in [6.07, 6.45) is 0. The van der Waals surface area contributed by atoms with E-state index >= 15 is 0 Å². The van der Waals surface area contributed by atoms with Gasteiger partial charge in [-0.15, -0.1) is 0 Å². The van der Waals surface area contributed by atoms with Crippen LogP contribution in [0.2, 0.25) is 0 Å². The van der Waals surface area contributed by atoms with Crippen LogP contribution in [0.3, 0.4) is 0 Å². The first kappa shape index (κ1) is 19.6. The van der Waals surface area contributed by atoms with Gasteiger partial charge in [0.05, 0.1) is 4.90 Å². The number of nitrogens with zero attached hydrogens (tertiary/aromatic N) is 1. The fraction of sp³-hybridized carbons (Fsp3) is 0.0952. The molecule has 8 heteroatoms. The van der Waals surface area contributed by atoms with Gasteiger partial charge in [-0.3, -0.25) is 4.79 Å². The molecule has 4 rings (SSSR count). The van der Waals surface area contributed by atoms with Crippen LogP contribution in [0.25, 0.3) is 21.9 Å². The second-order valence-electron chi connectivity index (χ2n) is 6.70. The van der Waals surface area contributed by atoms with E-state index in [9.17, 15) is 13.2 Å². The van der Waals surface area contributed by atoms with Gasteiger partial charge in [0.1, 0.15) is 11.2 Å². The molecular formula is C21H17BrN2O4S. The van der Waals surface area contributed by atoms with E-state index in [-0.39, 0.29) is 10.5 Å². The number of sulfonamides is 1. The van der Waals surface area contributed by atoms with Crippen LogP contribution < -0.4 is 5.32 Å². The van der Waals surface area contributed by atoms with Crippen LogP contribution in [0.5, 0.6) is 0 Å². The molecule has 0 saturated carbocycles. The Morgan fingerprint density at radius 2 is 1.69 bits per heavy atom. The number of hydrogen-bond donors (Lipinski definition) is 1. The number of halogens is 1. The molecule has 1 heterocycles. The molecule has 0 aliphatic carbocycles. The van der Waals surface area contributed by atoms with Crippen LogP contribution in [0, 0.1) is 0 Å². The van der Waals surface area contributed by atoms with Crippen LogP contribution >= 0.6 is 15.9 Å². The van der Waals surface area contributed by atoms with Crippen LogP contribution in [0.4, 0.5) is 5.69 Å². The summed E-state index contributed by atoms with van der Waals surface area (Å²) in [5.41, 5.74) is 2.34. The second-order valence-corrected chi connectivity index (χ2v) is 9.67. The zero-order valence-electron chi connectivity index (χ0n) is 15.6. The smallest absolute Gasteiger partial charge is 0.255 e. The highest BCUT2D eigenvalue weighted by Crippen LogP contribution is 2.31. The van der Waals surface area contributed by atoms with E-state index in [1.807, 2.05) is 30.3 Å². The first-order valence-electron chi connectivity index (χ1n) is 8.72. The molecule has 1 N–H and O–H groups in total. The maximum Gasteiger partial charge on any atom is 0.255 e. The number of nitrogens with one attached hydrogen (secondary N) is 1. The number of rotatable bonds is 4. The van der Waals surface area contributed by atoms with Crippen LogP contribution in [-0.2, 0) is 10.0 Å². The van der Waals surface area contributed by atoms with Crippen molar-refractivity contribution in [3.63, 3.8) is 0 Å². The quantitative estimate of drug-likeness (QED) is 0.460. The molecule has 0 aliphatic rings. The van der Waals surface area contributed by atoms with Gasteiger partial charge < -0.3 is 9.73 Å². The van der Waals surface area contributed by atoms with E-state index in [4.69, 9.17) is 4.42 Å². The minimum Gasteiger partial charge on any atom is -0.456 e. The zero-order chi connectivity index (χ0) is 20.8. The Hall–Kier alpha value is -2.68. The molecule has 0 radical (unpaired) electrons. The van der Waals surface area contributed by atoms with E-state index in [1.54, 1.807) is 24.3 Å². The van der Waals surface area contributed by atoms with Gasteiger partial charge in [-0.05, 0) is 58.4 Å². The lowest BCUT2D eigenvalue weighted by Gasteiger charge is -2.14. The van der Waals surface area contributed by atoms with Crippen molar-refractivity contribution in [2.24, 2.45) is 0 Å². The molecule has 0 atom stereocenters. The first-order valence-corrected chi connectivity index (χ1v) is 11.0. The Labute approximate surface area is 176 Å². The van der Waals surface area contributed by atoms with Crippen molar-refractivity contribution in [2.75, 3.05) is 19.4 Å². The van der Waals surface area contributed by atoms with Crippen molar-refractivity contribution in [1.29, 1.82) is 0 Å². The molecule has 0 fully saturated rings. The van der Waals surface area contributed by atoms with Crippen molar-refractivity contribution >= 4 is 59.5 Å². The summed E-state index contributed by atoms with van der Waals surface area (Å²) in [5.74, 6) is -0.403. The third-order valence-corrected chi connectivity index (χ3v) is 7.40. The minimum absolute atomic E-state index is 0.0337. The lowest BCUT2D eigenvalue weighted by molar-refractivity contribution is 0.102. The molecule has 1 amide bonds. The highest BCUT2D eigenvalue weighted by Gasteiger charge is 2.22. The number of hydrogen-bond acceptors (Lipinski definition) is 4. The van der Waals surface area contributed by atoms with E-state index in [1.165, 1.54) is 20.2 Å². The lowest BCUT2D eigenvalue weighted by atomic mass is 10.1. The van der Waals surface area contributed by atoms with E-state index in [0.717, 1.165) is 26.2 Å². The Kier molecular flexibility index (Phi) is 4.94. The number of para-hydroxylation sites is 1. The maximum atomic E-state index is 12.8. The average molecular weight is 473 g/mol. The number of fused-ring (bicyclic) bond motifs is 3. The van der Waals surface area contributed by atoms with Gasteiger partial charge in [0.15, 0.2) is 0 Å². The molecule has 0 aliphatic heterocycles. The second kappa shape index (κ2) is 7.29. The molecule has 1 aromatic heterocycles. The Morgan fingerprint density at radius 3 is 2.45 bits per heavy atom. The predicted octanol–water partition coefficient (Wildman–Crippen LogP) is 4.85. The number of carbonyl (C=O) groups is 1. The summed E-state index contributed by atoms with van der Waals surface area (Å²) in [7, 11) is -0.801. The van der Waals surface area contributed by atoms with Gasteiger partial charge >= 0.3 is 0 Å². The molecule has 29 heavy (non-hydrogen) atoms. The zero-order valence-corrected chi connectivity index (χ0v) is 18.0. The summed E-state index contributed by atoms with van der Waals surface area (Å²) >= 11 is 3.25. The van der Waals surface area contributed by atoms with Gasteiger partial charge in [0.2, 0.25) is 10.0 Å². The van der Waals surface area contributed by atoms with Crippen molar-refractivity contribution in [3.8, 4) is 0 Å². The van der Waals surface area contributed by atoms with Gasteiger partial charge in [0, 0.05) is 40.6 Å². The van der Waals surface area contributed by atoms with Gasteiger partial charge in [-0.1, -0.05) is 18.2 Å². The molecule has 0 unspecified atom stereocenters. The Morgan fingerprint density at radius 1 is 0.966 bits per heavy atom. The maximum absolute atomic E-state index is 12.8. The fourth-order valence-corrected chi connectivity index (χ4v) is 4.89. The Bertz CT molecular complexity index is 1360. The molecule has 0 saturated heterocycles. The van der Waals surface area contributed by atoms with Crippen LogP contribution in [-0.4, -0.2) is 32.7 Å². The Balaban J connectivity index is 1.69. The van der Waals surface area contributed by atoms with E-state index < -0.39 is 15.9 Å². The first-order chi connectivity index (χ1) is 13.8. The third-order valence-electron chi connectivity index (χ3n) is 4.59. The number of furan rings is 1. The van der Waals surface area contributed by atoms with E-state index in [0.29, 0.717) is 10.2 Å². The monoisotopic (exact) mass is 472 g/mol. The lowest BCUT2D eigenvalue weighted by Crippen LogP contribution is -2.23. The summed E-state index contributed by atoms with van der Waals surface area (Å²) in [6, 6.07) is 17.6. The average Bonchev–Trinajstić information content (AvgIpc) is 3.06. The normalized spacial score (nSPS) is 12.0. The number of carbonyl (C=O) groups excluding carboxylic acids is 1. The summed E-state index contributed by atoms with van der Waals surface area (Å²) in [6.45, 7) is 0. The van der Waals surface area contributed by atoms with Crippen molar-refractivity contribution in [2.45, 2.75) is 4.90 Å². The van der Waals surface area contributed by atoms with Crippen molar-refractivity contribution < 1.29 is 17.6 Å². The minimum atomic E-state index is -3.69. The molecule has 4 aromatic rings. The topological polar surface area (TPSA) is 79.6 Å². The number of anilines is 1. The standard InChI is InChI=1S/C21H17BrN2O4S/c1-24(2)29(26,27)20-11-13(7-9-17(20)22)21(25)23-14-8-10-19-16(12-14)15-5-3-4-6-18(15)28-19/h3-12H,1-2H3,(H,23,25). The van der Waals surface area contributed by atoms with Gasteiger partial charge in [-0.25, -0.2) is 12.7 Å².